The molecule has 0 fully saturated rings. The summed E-state index contributed by atoms with van der Waals surface area (Å²) in [7, 11) is 0. The number of hydrogen-bond donors (Lipinski definition) is 0. The Morgan fingerprint density at radius 1 is 1.11 bits per heavy atom. The van der Waals surface area contributed by atoms with Crippen LogP contribution < -0.4 is 0 Å². The van der Waals surface area contributed by atoms with Crippen LogP contribution >= 0.6 is 11.8 Å². The molecule has 3 aromatic rings. The number of hydrogen-bond acceptors (Lipinski definition) is 3. The molecule has 2 aromatic heterocycles. The minimum absolute atomic E-state index is 0.00844. The SMILES string of the molecule is CSC(=O)c1nc(-c2ccccc2)n2ccccc12. The van der Waals surface area contributed by atoms with Crippen molar-refractivity contribution in [1.29, 1.82) is 0 Å². The van der Waals surface area contributed by atoms with E-state index in [1.54, 1.807) is 6.26 Å². The Bertz CT molecular complexity index is 734. The standard InChI is InChI=1S/C15H12N2OS/c1-19-15(18)13-12-9-5-6-10-17(12)14(16-13)11-7-3-2-4-8-11/h2-10H,1H3. The Hall–Kier alpha value is -2.07. The molecule has 0 amide bonds. The monoisotopic (exact) mass is 268 g/mol. The predicted molar refractivity (Wildman–Crippen MR) is 78.5 cm³/mol. The first kappa shape index (κ1) is 12.0. The fourth-order valence-corrected chi connectivity index (χ4v) is 2.42. The average molecular weight is 268 g/mol. The summed E-state index contributed by atoms with van der Waals surface area (Å²) in [5, 5.41) is -0.00844. The molecule has 3 nitrogen and oxygen atoms in total. The lowest BCUT2D eigenvalue weighted by Crippen LogP contribution is -1.93. The Morgan fingerprint density at radius 3 is 2.58 bits per heavy atom. The van der Waals surface area contributed by atoms with Crippen LogP contribution in [0.5, 0.6) is 0 Å². The Morgan fingerprint density at radius 2 is 1.84 bits per heavy atom. The summed E-state index contributed by atoms with van der Waals surface area (Å²) in [4.78, 5) is 16.5. The third-order valence-electron chi connectivity index (χ3n) is 2.96. The van der Waals surface area contributed by atoms with Crippen LogP contribution in [0, 0.1) is 0 Å². The minimum atomic E-state index is -0.00844. The number of pyridine rings is 1. The number of imidazole rings is 1. The predicted octanol–water partition coefficient (Wildman–Crippen LogP) is 3.50. The highest BCUT2D eigenvalue weighted by Crippen LogP contribution is 2.24. The summed E-state index contributed by atoms with van der Waals surface area (Å²) in [5.41, 5.74) is 2.37. The van der Waals surface area contributed by atoms with E-state index in [1.165, 1.54) is 11.8 Å². The summed E-state index contributed by atoms with van der Waals surface area (Å²) >= 11 is 1.19. The van der Waals surface area contributed by atoms with Crippen molar-refractivity contribution in [2.75, 3.05) is 6.26 Å². The van der Waals surface area contributed by atoms with Crippen LogP contribution in [0.15, 0.2) is 54.7 Å². The van der Waals surface area contributed by atoms with Gasteiger partial charge in [0, 0.05) is 11.8 Å². The van der Waals surface area contributed by atoms with Crippen molar-refractivity contribution >= 4 is 22.4 Å². The molecule has 19 heavy (non-hydrogen) atoms. The van der Waals surface area contributed by atoms with Gasteiger partial charge in [0.25, 0.3) is 0 Å². The van der Waals surface area contributed by atoms with Crippen LogP contribution in [0.2, 0.25) is 0 Å². The Kier molecular flexibility index (Phi) is 3.09. The Balaban J connectivity index is 2.29. The molecule has 0 aliphatic rings. The van der Waals surface area contributed by atoms with E-state index in [9.17, 15) is 4.79 Å². The van der Waals surface area contributed by atoms with Gasteiger partial charge in [0.2, 0.25) is 5.12 Å². The molecule has 1 aromatic carbocycles. The molecule has 2 heterocycles. The molecular weight excluding hydrogens is 256 g/mol. The Labute approximate surface area is 115 Å². The summed E-state index contributed by atoms with van der Waals surface area (Å²) in [5.74, 6) is 0.800. The summed E-state index contributed by atoms with van der Waals surface area (Å²) in [6.45, 7) is 0. The van der Waals surface area contributed by atoms with Gasteiger partial charge in [-0.15, -0.1) is 0 Å². The highest BCUT2D eigenvalue weighted by atomic mass is 32.2. The molecule has 0 bridgehead atoms. The molecule has 0 N–H and O–H groups in total. The first-order valence-electron chi connectivity index (χ1n) is 5.92. The fourth-order valence-electron chi connectivity index (χ4n) is 2.08. The molecule has 3 rings (SSSR count). The smallest absolute Gasteiger partial charge is 0.239 e. The van der Waals surface area contributed by atoms with Crippen molar-refractivity contribution in [3.63, 3.8) is 0 Å². The largest absolute Gasteiger partial charge is 0.299 e. The van der Waals surface area contributed by atoms with Crippen molar-refractivity contribution in [3.05, 3.63) is 60.4 Å². The quantitative estimate of drug-likeness (QED) is 0.713. The molecule has 0 aliphatic heterocycles. The van der Waals surface area contributed by atoms with Gasteiger partial charge in [-0.1, -0.05) is 48.2 Å². The van der Waals surface area contributed by atoms with Crippen LogP contribution in [0.25, 0.3) is 16.9 Å². The summed E-state index contributed by atoms with van der Waals surface area (Å²) in [6, 6.07) is 15.7. The average Bonchev–Trinajstić information content (AvgIpc) is 2.87. The van der Waals surface area contributed by atoms with E-state index in [1.807, 2.05) is 59.1 Å². The molecule has 0 radical (unpaired) electrons. The first-order chi connectivity index (χ1) is 9.31. The molecule has 4 heteroatoms. The van der Waals surface area contributed by atoms with Gasteiger partial charge in [-0.2, -0.15) is 0 Å². The van der Waals surface area contributed by atoms with Gasteiger partial charge >= 0.3 is 0 Å². The van der Waals surface area contributed by atoms with Crippen molar-refractivity contribution in [3.8, 4) is 11.4 Å². The number of carbonyl (C=O) groups is 1. The van der Waals surface area contributed by atoms with Crippen LogP contribution in [0.1, 0.15) is 10.5 Å². The molecule has 94 valence electrons. The number of aromatic nitrogens is 2. The highest BCUT2D eigenvalue weighted by molar-refractivity contribution is 8.13. The number of nitrogens with zero attached hydrogens (tertiary/aromatic N) is 2. The topological polar surface area (TPSA) is 34.4 Å². The normalized spacial score (nSPS) is 10.8. The van der Waals surface area contributed by atoms with Gasteiger partial charge in [-0.25, -0.2) is 4.98 Å². The lowest BCUT2D eigenvalue weighted by atomic mass is 10.2. The van der Waals surface area contributed by atoms with Gasteiger partial charge in [-0.05, 0) is 18.4 Å². The fraction of sp³-hybridized carbons (Fsp3) is 0.0667. The second-order valence-corrected chi connectivity index (χ2v) is 4.88. The molecule has 0 unspecified atom stereocenters. The lowest BCUT2D eigenvalue weighted by Gasteiger charge is -1.99. The van der Waals surface area contributed by atoms with Gasteiger partial charge < -0.3 is 0 Å². The second kappa shape index (κ2) is 4.90. The van der Waals surface area contributed by atoms with Crippen molar-refractivity contribution in [2.24, 2.45) is 0 Å². The second-order valence-electron chi connectivity index (χ2n) is 4.10. The van der Waals surface area contributed by atoms with E-state index in [2.05, 4.69) is 4.98 Å². The number of thioether (sulfide) groups is 1. The molecule has 0 aliphatic carbocycles. The van der Waals surface area contributed by atoms with Gasteiger partial charge in [0.15, 0.2) is 0 Å². The van der Waals surface area contributed by atoms with E-state index < -0.39 is 0 Å². The van der Waals surface area contributed by atoms with Crippen molar-refractivity contribution in [2.45, 2.75) is 0 Å². The summed E-state index contributed by atoms with van der Waals surface area (Å²) in [6.07, 6.45) is 3.71. The third kappa shape index (κ3) is 2.04. The van der Waals surface area contributed by atoms with E-state index in [0.29, 0.717) is 5.69 Å². The zero-order valence-electron chi connectivity index (χ0n) is 10.4. The number of benzene rings is 1. The molecule has 0 saturated heterocycles. The first-order valence-corrected chi connectivity index (χ1v) is 7.14. The molecule has 0 saturated carbocycles. The molecule has 0 spiro atoms. The zero-order chi connectivity index (χ0) is 13.2. The number of fused-ring (bicyclic) bond motifs is 1. The van der Waals surface area contributed by atoms with E-state index in [0.717, 1.165) is 16.9 Å². The van der Waals surface area contributed by atoms with Crippen LogP contribution in [0.4, 0.5) is 0 Å². The van der Waals surface area contributed by atoms with Crippen LogP contribution in [-0.4, -0.2) is 20.8 Å². The van der Waals surface area contributed by atoms with Gasteiger partial charge in [-0.3, -0.25) is 9.20 Å². The van der Waals surface area contributed by atoms with E-state index in [-0.39, 0.29) is 5.12 Å². The maximum atomic E-state index is 12.0. The maximum absolute atomic E-state index is 12.0. The number of carbonyl (C=O) groups excluding carboxylic acids is 1. The minimum Gasteiger partial charge on any atom is -0.299 e. The molecular formula is C15H12N2OS. The van der Waals surface area contributed by atoms with Gasteiger partial charge in [0.1, 0.15) is 11.5 Å². The van der Waals surface area contributed by atoms with E-state index in [4.69, 9.17) is 0 Å². The van der Waals surface area contributed by atoms with Crippen LogP contribution in [-0.2, 0) is 0 Å². The van der Waals surface area contributed by atoms with E-state index >= 15 is 0 Å². The zero-order valence-corrected chi connectivity index (χ0v) is 11.2. The van der Waals surface area contributed by atoms with Crippen LogP contribution in [0.3, 0.4) is 0 Å². The van der Waals surface area contributed by atoms with Crippen molar-refractivity contribution in [1.82, 2.24) is 9.38 Å². The third-order valence-corrected chi connectivity index (χ3v) is 3.52. The summed E-state index contributed by atoms with van der Waals surface area (Å²) < 4.78 is 1.96. The van der Waals surface area contributed by atoms with Gasteiger partial charge in [0.05, 0.1) is 5.52 Å². The lowest BCUT2D eigenvalue weighted by molar-refractivity contribution is 0.108. The highest BCUT2D eigenvalue weighted by Gasteiger charge is 2.16. The molecule has 0 atom stereocenters. The maximum Gasteiger partial charge on any atom is 0.239 e. The number of rotatable bonds is 2. The van der Waals surface area contributed by atoms with Crippen molar-refractivity contribution < 1.29 is 4.79 Å².